The molecule has 0 amide bonds. The lowest BCUT2D eigenvalue weighted by atomic mass is 9.96. The van der Waals surface area contributed by atoms with E-state index in [0.717, 1.165) is 22.8 Å². The van der Waals surface area contributed by atoms with Gasteiger partial charge in [-0.3, -0.25) is 0 Å². The molecule has 0 bridgehead atoms. The normalized spacial score (nSPS) is 14.7. The van der Waals surface area contributed by atoms with Crippen LogP contribution in [0.3, 0.4) is 0 Å². The molecule has 138 valence electrons. The van der Waals surface area contributed by atoms with Crippen molar-refractivity contribution in [3.8, 4) is 11.3 Å². The van der Waals surface area contributed by atoms with Crippen molar-refractivity contribution in [3.05, 3.63) is 65.7 Å². The summed E-state index contributed by atoms with van der Waals surface area (Å²) in [4.78, 5) is 9.47. The van der Waals surface area contributed by atoms with Gasteiger partial charge in [-0.15, -0.1) is 0 Å². The Hall–Kier alpha value is -2.59. The maximum Gasteiger partial charge on any atom is 0.225 e. The van der Waals surface area contributed by atoms with Gasteiger partial charge >= 0.3 is 0 Å². The van der Waals surface area contributed by atoms with Crippen molar-refractivity contribution in [2.24, 2.45) is 0 Å². The third-order valence-electron chi connectivity index (χ3n) is 4.85. The van der Waals surface area contributed by atoms with Crippen LogP contribution in [-0.4, -0.2) is 16.0 Å². The molecule has 0 aliphatic heterocycles. The third kappa shape index (κ3) is 4.77. The number of hydrogen-bond donors (Lipinski definition) is 2. The summed E-state index contributed by atoms with van der Waals surface area (Å²) in [7, 11) is 0. The van der Waals surface area contributed by atoms with Crippen molar-refractivity contribution in [3.63, 3.8) is 0 Å². The second-order valence-electron chi connectivity index (χ2n) is 6.94. The zero-order valence-electron chi connectivity index (χ0n) is 15.2. The highest BCUT2D eigenvalue weighted by Crippen LogP contribution is 2.26. The first-order chi connectivity index (χ1) is 13.3. The molecule has 0 atom stereocenters. The first-order valence-electron chi connectivity index (χ1n) is 9.50. The summed E-state index contributed by atoms with van der Waals surface area (Å²) in [6, 6.07) is 20.3. The van der Waals surface area contributed by atoms with E-state index in [0.29, 0.717) is 17.0 Å². The van der Waals surface area contributed by atoms with Gasteiger partial charge in [0.25, 0.3) is 0 Å². The molecule has 0 radical (unpaired) electrons. The molecule has 2 aromatic carbocycles. The second-order valence-corrected chi connectivity index (χ2v) is 7.38. The molecule has 0 saturated heterocycles. The molecular formula is C22H23ClN4. The van der Waals surface area contributed by atoms with Gasteiger partial charge in [-0.1, -0.05) is 61.2 Å². The SMILES string of the molecule is Clc1ccc(Nc2cc(-c3ccccc3)nc(NC3CCCCC3)n2)cc1. The van der Waals surface area contributed by atoms with E-state index in [-0.39, 0.29) is 0 Å². The third-order valence-corrected chi connectivity index (χ3v) is 5.10. The number of hydrogen-bond acceptors (Lipinski definition) is 4. The van der Waals surface area contributed by atoms with Gasteiger partial charge < -0.3 is 10.6 Å². The van der Waals surface area contributed by atoms with Gasteiger partial charge in [0.2, 0.25) is 5.95 Å². The summed E-state index contributed by atoms with van der Waals surface area (Å²) in [6.07, 6.45) is 6.22. The molecule has 1 aliphatic rings. The maximum atomic E-state index is 5.99. The van der Waals surface area contributed by atoms with Crippen molar-refractivity contribution in [2.45, 2.75) is 38.1 Å². The lowest BCUT2D eigenvalue weighted by Gasteiger charge is -2.23. The minimum Gasteiger partial charge on any atom is -0.351 e. The first-order valence-corrected chi connectivity index (χ1v) is 9.88. The molecule has 3 aromatic rings. The molecule has 1 aliphatic carbocycles. The summed E-state index contributed by atoms with van der Waals surface area (Å²) >= 11 is 5.99. The predicted octanol–water partition coefficient (Wildman–Crippen LogP) is 6.29. The molecule has 4 rings (SSSR count). The van der Waals surface area contributed by atoms with E-state index in [1.165, 1.54) is 32.1 Å². The average Bonchev–Trinajstić information content (AvgIpc) is 2.71. The van der Waals surface area contributed by atoms with Gasteiger partial charge in [-0.2, -0.15) is 4.98 Å². The highest BCUT2D eigenvalue weighted by atomic mass is 35.5. The summed E-state index contributed by atoms with van der Waals surface area (Å²) in [5.41, 5.74) is 2.92. The summed E-state index contributed by atoms with van der Waals surface area (Å²) in [5.74, 6) is 1.45. The van der Waals surface area contributed by atoms with Gasteiger partial charge in [-0.25, -0.2) is 4.98 Å². The minimum absolute atomic E-state index is 0.452. The van der Waals surface area contributed by atoms with Crippen molar-refractivity contribution < 1.29 is 0 Å². The number of anilines is 3. The molecule has 1 fully saturated rings. The van der Waals surface area contributed by atoms with Gasteiger partial charge in [0.15, 0.2) is 0 Å². The van der Waals surface area contributed by atoms with E-state index >= 15 is 0 Å². The molecule has 1 saturated carbocycles. The molecule has 1 heterocycles. The molecule has 1 aromatic heterocycles. The van der Waals surface area contributed by atoms with E-state index in [1.807, 2.05) is 48.5 Å². The van der Waals surface area contributed by atoms with Crippen LogP contribution < -0.4 is 10.6 Å². The van der Waals surface area contributed by atoms with Crippen molar-refractivity contribution >= 4 is 29.1 Å². The fourth-order valence-corrected chi connectivity index (χ4v) is 3.57. The van der Waals surface area contributed by atoms with Gasteiger partial charge in [0.1, 0.15) is 5.82 Å². The Bertz CT molecular complexity index is 875. The number of halogens is 1. The zero-order chi connectivity index (χ0) is 18.5. The Morgan fingerprint density at radius 1 is 0.852 bits per heavy atom. The summed E-state index contributed by atoms with van der Waals surface area (Å²) in [6.45, 7) is 0. The van der Waals surface area contributed by atoms with Crippen LogP contribution >= 0.6 is 11.6 Å². The van der Waals surface area contributed by atoms with Crippen LogP contribution in [0, 0.1) is 0 Å². The summed E-state index contributed by atoms with van der Waals surface area (Å²) < 4.78 is 0. The summed E-state index contributed by atoms with van der Waals surface area (Å²) in [5, 5.41) is 7.63. The van der Waals surface area contributed by atoms with Gasteiger partial charge in [0.05, 0.1) is 5.69 Å². The van der Waals surface area contributed by atoms with E-state index in [2.05, 4.69) is 22.8 Å². The van der Waals surface area contributed by atoms with Crippen molar-refractivity contribution in [2.75, 3.05) is 10.6 Å². The van der Waals surface area contributed by atoms with E-state index < -0.39 is 0 Å². The van der Waals surface area contributed by atoms with Crippen LogP contribution in [0.2, 0.25) is 5.02 Å². The average molecular weight is 379 g/mol. The Morgan fingerprint density at radius 2 is 1.59 bits per heavy atom. The predicted molar refractivity (Wildman–Crippen MR) is 113 cm³/mol. The monoisotopic (exact) mass is 378 g/mol. The molecular weight excluding hydrogens is 356 g/mol. The zero-order valence-corrected chi connectivity index (χ0v) is 15.9. The maximum absolute atomic E-state index is 5.99. The smallest absolute Gasteiger partial charge is 0.225 e. The standard InChI is InChI=1S/C22H23ClN4/c23-17-11-13-19(14-12-17)24-21-15-20(16-7-3-1-4-8-16)26-22(27-21)25-18-9-5-2-6-10-18/h1,3-4,7-8,11-15,18H,2,5-6,9-10H2,(H2,24,25,26,27). The quantitative estimate of drug-likeness (QED) is 0.548. The van der Waals surface area contributed by atoms with Crippen LogP contribution in [0.5, 0.6) is 0 Å². The highest BCUT2D eigenvalue weighted by Gasteiger charge is 2.15. The van der Waals surface area contributed by atoms with Crippen molar-refractivity contribution in [1.82, 2.24) is 9.97 Å². The van der Waals surface area contributed by atoms with E-state index in [9.17, 15) is 0 Å². The van der Waals surface area contributed by atoms with Crippen LogP contribution in [-0.2, 0) is 0 Å². The Morgan fingerprint density at radius 3 is 2.33 bits per heavy atom. The fourth-order valence-electron chi connectivity index (χ4n) is 3.44. The molecule has 0 spiro atoms. The van der Waals surface area contributed by atoms with Crippen molar-refractivity contribution in [1.29, 1.82) is 0 Å². The van der Waals surface area contributed by atoms with Gasteiger partial charge in [-0.05, 0) is 37.1 Å². The van der Waals surface area contributed by atoms with Crippen LogP contribution in [0.25, 0.3) is 11.3 Å². The number of rotatable bonds is 5. The number of nitrogens with one attached hydrogen (secondary N) is 2. The molecule has 2 N–H and O–H groups in total. The topological polar surface area (TPSA) is 49.8 Å². The van der Waals surface area contributed by atoms with E-state index in [4.69, 9.17) is 21.6 Å². The highest BCUT2D eigenvalue weighted by molar-refractivity contribution is 6.30. The first kappa shape index (κ1) is 17.8. The fraction of sp³-hybridized carbons (Fsp3) is 0.273. The molecule has 5 heteroatoms. The molecule has 0 unspecified atom stereocenters. The van der Waals surface area contributed by atoms with Gasteiger partial charge in [0, 0.05) is 28.4 Å². The minimum atomic E-state index is 0.452. The van der Waals surface area contributed by atoms with E-state index in [1.54, 1.807) is 0 Å². The lowest BCUT2D eigenvalue weighted by Crippen LogP contribution is -2.23. The molecule has 27 heavy (non-hydrogen) atoms. The Labute approximate surface area is 165 Å². The Balaban J connectivity index is 1.64. The Kier molecular flexibility index (Phi) is 5.54. The van der Waals surface area contributed by atoms with Crippen LogP contribution in [0.15, 0.2) is 60.7 Å². The lowest BCUT2D eigenvalue weighted by molar-refractivity contribution is 0.461. The number of benzene rings is 2. The number of nitrogens with zero attached hydrogens (tertiary/aromatic N) is 2. The largest absolute Gasteiger partial charge is 0.351 e. The van der Waals surface area contributed by atoms with Crippen LogP contribution in [0.4, 0.5) is 17.5 Å². The second kappa shape index (κ2) is 8.40. The molecule has 4 nitrogen and oxygen atoms in total. The van der Waals surface area contributed by atoms with Crippen LogP contribution in [0.1, 0.15) is 32.1 Å². The number of aromatic nitrogens is 2.